The van der Waals surface area contributed by atoms with Crippen molar-refractivity contribution in [2.45, 2.75) is 34.1 Å². The van der Waals surface area contributed by atoms with E-state index in [1.165, 1.54) is 0 Å². The fourth-order valence-corrected chi connectivity index (χ4v) is 4.61. The molecule has 2 aromatic heterocycles. The van der Waals surface area contributed by atoms with Crippen LogP contribution >= 0.6 is 11.3 Å². The molecule has 6 heteroatoms. The largest absolute Gasteiger partial charge is 0.369 e. The fourth-order valence-electron chi connectivity index (χ4n) is 3.34. The van der Waals surface area contributed by atoms with Gasteiger partial charge in [0.2, 0.25) is 5.91 Å². The number of thiophene rings is 1. The quantitative estimate of drug-likeness (QED) is 0.929. The van der Waals surface area contributed by atoms with Crippen molar-refractivity contribution in [1.29, 1.82) is 0 Å². The second-order valence-corrected chi connectivity index (χ2v) is 7.76. The molecule has 0 spiro atoms. The van der Waals surface area contributed by atoms with E-state index in [0.717, 1.165) is 32.4 Å². The van der Waals surface area contributed by atoms with Gasteiger partial charge in [0.05, 0.1) is 11.5 Å². The fraction of sp³-hybridized carbons (Fsp3) is 0.444. The van der Waals surface area contributed by atoms with Gasteiger partial charge in [0.1, 0.15) is 5.00 Å². The normalized spacial score (nSPS) is 17.5. The molecule has 1 aliphatic rings. The number of likely N-dealkylation sites (tertiary alicyclic amines) is 1. The van der Waals surface area contributed by atoms with Crippen LogP contribution in [0.2, 0.25) is 0 Å². The molecule has 0 unspecified atom stereocenters. The predicted octanol–water partition coefficient (Wildman–Crippen LogP) is 2.72. The minimum atomic E-state index is -0.319. The van der Waals surface area contributed by atoms with E-state index >= 15 is 0 Å². The van der Waals surface area contributed by atoms with Crippen molar-refractivity contribution in [3.05, 3.63) is 39.5 Å². The van der Waals surface area contributed by atoms with Crippen molar-refractivity contribution in [2.24, 2.45) is 11.7 Å². The number of primary amides is 1. The van der Waals surface area contributed by atoms with Crippen molar-refractivity contribution in [3.8, 4) is 5.00 Å². The number of carbonyl (C=O) groups excluding carboxylic acids is 2. The second kappa shape index (κ2) is 6.09. The molecule has 0 aliphatic carbocycles. The number of aromatic nitrogens is 1. The van der Waals surface area contributed by atoms with E-state index in [1.54, 1.807) is 16.2 Å². The molecule has 5 nitrogen and oxygen atoms in total. The number of nitrogens with zero attached hydrogens (tertiary/aromatic N) is 2. The minimum absolute atomic E-state index is 0.00287. The van der Waals surface area contributed by atoms with Gasteiger partial charge in [0, 0.05) is 29.4 Å². The molecule has 1 saturated heterocycles. The number of carbonyl (C=O) groups is 2. The molecule has 1 aliphatic heterocycles. The average Bonchev–Trinajstić information content (AvgIpc) is 3.19. The Kier molecular flexibility index (Phi) is 4.25. The number of hydrogen-bond acceptors (Lipinski definition) is 3. The van der Waals surface area contributed by atoms with Crippen molar-refractivity contribution < 1.29 is 9.59 Å². The van der Waals surface area contributed by atoms with Crippen LogP contribution in [0.3, 0.4) is 0 Å². The van der Waals surface area contributed by atoms with Gasteiger partial charge < -0.3 is 15.2 Å². The van der Waals surface area contributed by atoms with Crippen LogP contribution in [0.4, 0.5) is 0 Å². The molecule has 24 heavy (non-hydrogen) atoms. The maximum absolute atomic E-state index is 13.2. The molecule has 0 bridgehead atoms. The van der Waals surface area contributed by atoms with Gasteiger partial charge in [-0.3, -0.25) is 9.59 Å². The Balaban J connectivity index is 2.03. The van der Waals surface area contributed by atoms with Gasteiger partial charge in [-0.2, -0.15) is 0 Å². The maximum Gasteiger partial charge on any atom is 0.257 e. The predicted molar refractivity (Wildman–Crippen MR) is 95.8 cm³/mol. The average molecular weight is 345 g/mol. The van der Waals surface area contributed by atoms with Crippen molar-refractivity contribution in [3.63, 3.8) is 0 Å². The summed E-state index contributed by atoms with van der Waals surface area (Å²) in [5.74, 6) is -0.545. The van der Waals surface area contributed by atoms with E-state index in [-0.39, 0.29) is 17.7 Å². The molecular weight excluding hydrogens is 322 g/mol. The van der Waals surface area contributed by atoms with Crippen LogP contribution < -0.4 is 5.73 Å². The van der Waals surface area contributed by atoms with Crippen molar-refractivity contribution in [1.82, 2.24) is 9.47 Å². The molecule has 2 N–H and O–H groups in total. The Hall–Kier alpha value is -2.08. The lowest BCUT2D eigenvalue weighted by Gasteiger charge is -2.18. The first-order chi connectivity index (χ1) is 11.3. The van der Waals surface area contributed by atoms with Gasteiger partial charge in [0.15, 0.2) is 0 Å². The zero-order chi connectivity index (χ0) is 17.6. The van der Waals surface area contributed by atoms with E-state index in [4.69, 9.17) is 5.73 Å². The van der Waals surface area contributed by atoms with Gasteiger partial charge in [-0.1, -0.05) is 0 Å². The highest BCUT2D eigenvalue weighted by Crippen LogP contribution is 2.34. The monoisotopic (exact) mass is 345 g/mol. The zero-order valence-corrected chi connectivity index (χ0v) is 15.4. The van der Waals surface area contributed by atoms with Crippen molar-refractivity contribution in [2.75, 3.05) is 13.1 Å². The number of nitrogens with two attached hydrogens (primary N) is 1. The highest BCUT2D eigenvalue weighted by Gasteiger charge is 2.33. The number of aryl methyl sites for hydroxylation is 3. The van der Waals surface area contributed by atoms with Crippen LogP contribution in [0.1, 0.15) is 38.6 Å². The van der Waals surface area contributed by atoms with Crippen molar-refractivity contribution >= 4 is 23.2 Å². The highest BCUT2D eigenvalue weighted by molar-refractivity contribution is 7.15. The highest BCUT2D eigenvalue weighted by atomic mass is 32.1. The standard InChI is InChI=1S/C18H23N3O2S/c1-10-5-6-11(2)21(10)18-15(12(3)13(4)24-18)17(23)20-8-7-14(9-20)16(19)22/h5-6,14H,7-9H2,1-4H3,(H2,19,22)/t14-/m0/s1. The Morgan fingerprint density at radius 3 is 2.33 bits per heavy atom. The summed E-state index contributed by atoms with van der Waals surface area (Å²) in [6, 6.07) is 4.12. The molecule has 0 saturated carbocycles. The minimum Gasteiger partial charge on any atom is -0.369 e. The molecule has 3 heterocycles. The molecule has 0 radical (unpaired) electrons. The lowest BCUT2D eigenvalue weighted by atomic mass is 10.1. The summed E-state index contributed by atoms with van der Waals surface area (Å²) in [7, 11) is 0. The summed E-state index contributed by atoms with van der Waals surface area (Å²) in [4.78, 5) is 27.5. The summed E-state index contributed by atoms with van der Waals surface area (Å²) in [5.41, 5.74) is 9.40. The van der Waals surface area contributed by atoms with E-state index in [9.17, 15) is 9.59 Å². The van der Waals surface area contributed by atoms with E-state index < -0.39 is 0 Å². The Morgan fingerprint density at radius 1 is 1.17 bits per heavy atom. The summed E-state index contributed by atoms with van der Waals surface area (Å²) < 4.78 is 2.14. The zero-order valence-electron chi connectivity index (χ0n) is 14.5. The Morgan fingerprint density at radius 2 is 1.79 bits per heavy atom. The van der Waals surface area contributed by atoms with Crippen LogP contribution in [0.15, 0.2) is 12.1 Å². The first-order valence-electron chi connectivity index (χ1n) is 8.15. The molecule has 0 aromatic carbocycles. The first-order valence-corrected chi connectivity index (χ1v) is 8.96. The smallest absolute Gasteiger partial charge is 0.257 e. The molecule has 1 atom stereocenters. The van der Waals surface area contributed by atoms with Gasteiger partial charge in [-0.15, -0.1) is 11.3 Å². The molecule has 1 fully saturated rings. The SMILES string of the molecule is Cc1sc(-n2c(C)ccc2C)c(C(=O)N2CC[C@H](C(N)=O)C2)c1C. The molecule has 3 rings (SSSR count). The number of hydrogen-bond donors (Lipinski definition) is 1. The molecular formula is C18H23N3O2S. The summed E-state index contributed by atoms with van der Waals surface area (Å²) in [6.45, 7) is 9.15. The molecule has 128 valence electrons. The van der Waals surface area contributed by atoms with Crippen LogP contribution in [0.25, 0.3) is 5.00 Å². The van der Waals surface area contributed by atoms with Gasteiger partial charge in [0.25, 0.3) is 5.91 Å². The lowest BCUT2D eigenvalue weighted by Crippen LogP contribution is -2.32. The molecule has 2 aromatic rings. The van der Waals surface area contributed by atoms with Crippen LogP contribution in [-0.4, -0.2) is 34.4 Å². The topological polar surface area (TPSA) is 68.3 Å². The lowest BCUT2D eigenvalue weighted by molar-refractivity contribution is -0.121. The second-order valence-electron chi connectivity index (χ2n) is 6.55. The number of rotatable bonds is 3. The van der Waals surface area contributed by atoms with E-state index in [1.807, 2.05) is 27.7 Å². The van der Waals surface area contributed by atoms with Gasteiger partial charge in [-0.05, 0) is 51.8 Å². The summed E-state index contributed by atoms with van der Waals surface area (Å²) in [6.07, 6.45) is 0.653. The van der Waals surface area contributed by atoms with E-state index in [0.29, 0.717) is 19.5 Å². The van der Waals surface area contributed by atoms with Crippen LogP contribution in [-0.2, 0) is 4.79 Å². The summed E-state index contributed by atoms with van der Waals surface area (Å²) in [5, 5.41) is 0.970. The first kappa shape index (κ1) is 16.8. The van der Waals surface area contributed by atoms with Gasteiger partial charge >= 0.3 is 0 Å². The van der Waals surface area contributed by atoms with E-state index in [2.05, 4.69) is 16.7 Å². The third kappa shape index (κ3) is 2.65. The third-order valence-electron chi connectivity index (χ3n) is 4.93. The maximum atomic E-state index is 13.2. The molecule has 2 amide bonds. The third-order valence-corrected chi connectivity index (χ3v) is 6.13. The summed E-state index contributed by atoms with van der Waals surface area (Å²) >= 11 is 1.65. The van der Waals surface area contributed by atoms with Crippen LogP contribution in [0.5, 0.6) is 0 Å². The van der Waals surface area contributed by atoms with Crippen LogP contribution in [0, 0.1) is 33.6 Å². The Bertz CT molecular complexity index is 799. The number of amides is 2. The van der Waals surface area contributed by atoms with Gasteiger partial charge in [-0.25, -0.2) is 0 Å². The Labute approximate surface area is 146 Å².